The zero-order valence-electron chi connectivity index (χ0n) is 12.2. The summed E-state index contributed by atoms with van der Waals surface area (Å²) in [6.45, 7) is 2.50. The molecule has 0 spiro atoms. The number of rotatable bonds is 3. The van der Waals surface area contributed by atoms with Gasteiger partial charge in [0.15, 0.2) is 0 Å². The van der Waals surface area contributed by atoms with Gasteiger partial charge in [0.25, 0.3) is 5.91 Å². The average Bonchev–Trinajstić information content (AvgIpc) is 2.81. The van der Waals surface area contributed by atoms with Crippen molar-refractivity contribution in [1.29, 1.82) is 0 Å². The Morgan fingerprint density at radius 1 is 1.38 bits per heavy atom. The second-order valence-corrected chi connectivity index (χ2v) is 6.02. The molecule has 2 bridgehead atoms. The molecule has 0 saturated carbocycles. The van der Waals surface area contributed by atoms with Crippen LogP contribution in [0.4, 0.5) is 4.39 Å². The van der Waals surface area contributed by atoms with E-state index in [2.05, 4.69) is 5.32 Å². The van der Waals surface area contributed by atoms with Crippen molar-refractivity contribution in [1.82, 2.24) is 10.2 Å². The van der Waals surface area contributed by atoms with E-state index in [4.69, 9.17) is 0 Å². The molecule has 3 rings (SSSR count). The molecule has 1 aromatic rings. The molecule has 2 unspecified atom stereocenters. The van der Waals surface area contributed by atoms with E-state index in [-0.39, 0.29) is 23.3 Å². The fourth-order valence-corrected chi connectivity index (χ4v) is 3.68. The van der Waals surface area contributed by atoms with Gasteiger partial charge in [-0.1, -0.05) is 0 Å². The molecule has 1 amide bonds. The summed E-state index contributed by atoms with van der Waals surface area (Å²) in [4.78, 5) is 14.4. The Morgan fingerprint density at radius 3 is 2.67 bits per heavy atom. The fraction of sp³-hybridized carbons (Fsp3) is 0.562. The number of halogens is 1. The Balaban J connectivity index is 1.82. The number of nitrogens with zero attached hydrogens (tertiary/aromatic N) is 1. The Kier molecular flexibility index (Phi) is 3.85. The number of piperidine rings is 1. The zero-order valence-corrected chi connectivity index (χ0v) is 12.2. The van der Waals surface area contributed by atoms with Crippen molar-refractivity contribution in [2.75, 3.05) is 6.54 Å². The summed E-state index contributed by atoms with van der Waals surface area (Å²) in [6, 6.07) is 4.66. The minimum atomic E-state index is -0.502. The molecule has 114 valence electrons. The van der Waals surface area contributed by atoms with Gasteiger partial charge >= 0.3 is 0 Å². The van der Waals surface area contributed by atoms with Crippen molar-refractivity contribution in [3.63, 3.8) is 0 Å². The monoisotopic (exact) mass is 292 g/mol. The molecule has 2 atom stereocenters. The first-order valence-corrected chi connectivity index (χ1v) is 7.64. The molecule has 4 nitrogen and oxygen atoms in total. The Bertz CT molecular complexity index is 537. The van der Waals surface area contributed by atoms with Gasteiger partial charge in [0.05, 0.1) is 5.56 Å². The van der Waals surface area contributed by atoms with Crippen molar-refractivity contribution in [2.24, 2.45) is 0 Å². The first-order chi connectivity index (χ1) is 10.1. The lowest BCUT2D eigenvalue weighted by molar-refractivity contribution is 0.0627. The SMILES string of the molecule is CCN(C(=O)c1cc(F)ccc1O)C1CC2CCC(C1)N2. The largest absolute Gasteiger partial charge is 0.507 e. The van der Waals surface area contributed by atoms with E-state index in [0.29, 0.717) is 18.6 Å². The summed E-state index contributed by atoms with van der Waals surface area (Å²) in [5.41, 5.74) is 0.0581. The number of phenolic OH excluding ortho intramolecular Hbond substituents is 1. The molecule has 0 aromatic heterocycles. The predicted molar refractivity (Wildman–Crippen MR) is 77.7 cm³/mol. The number of hydrogen-bond donors (Lipinski definition) is 2. The molecule has 2 aliphatic heterocycles. The maximum atomic E-state index is 13.4. The van der Waals surface area contributed by atoms with Gasteiger partial charge in [-0.15, -0.1) is 0 Å². The van der Waals surface area contributed by atoms with Gasteiger partial charge in [0.2, 0.25) is 0 Å². The van der Waals surface area contributed by atoms with E-state index < -0.39 is 5.82 Å². The topological polar surface area (TPSA) is 52.6 Å². The van der Waals surface area contributed by atoms with Gasteiger partial charge in [0, 0.05) is 24.7 Å². The molecule has 21 heavy (non-hydrogen) atoms. The number of fused-ring (bicyclic) bond motifs is 2. The van der Waals surface area contributed by atoms with E-state index in [9.17, 15) is 14.3 Å². The minimum Gasteiger partial charge on any atom is -0.507 e. The van der Waals surface area contributed by atoms with E-state index in [1.54, 1.807) is 4.90 Å². The predicted octanol–water partition coefficient (Wildman–Crippen LogP) is 2.28. The third kappa shape index (κ3) is 2.75. The summed E-state index contributed by atoms with van der Waals surface area (Å²) in [5.74, 6) is -0.935. The normalized spacial score (nSPS) is 27.6. The van der Waals surface area contributed by atoms with Crippen LogP contribution in [0.5, 0.6) is 5.75 Å². The zero-order chi connectivity index (χ0) is 15.0. The molecule has 2 aliphatic rings. The van der Waals surface area contributed by atoms with Crippen LogP contribution in [-0.2, 0) is 0 Å². The van der Waals surface area contributed by atoms with Crippen molar-refractivity contribution >= 4 is 5.91 Å². The smallest absolute Gasteiger partial charge is 0.257 e. The highest BCUT2D eigenvalue weighted by Crippen LogP contribution is 2.31. The standard InChI is InChI=1S/C16H21FN2O2/c1-2-19(13-8-11-4-5-12(9-13)18-11)16(21)14-7-10(17)3-6-15(14)20/h3,6-7,11-13,18,20H,2,4-5,8-9H2,1H3. The first-order valence-electron chi connectivity index (χ1n) is 7.64. The maximum Gasteiger partial charge on any atom is 0.257 e. The number of hydrogen-bond acceptors (Lipinski definition) is 3. The molecule has 0 aliphatic carbocycles. The highest BCUT2D eigenvalue weighted by atomic mass is 19.1. The van der Waals surface area contributed by atoms with Crippen LogP contribution in [-0.4, -0.2) is 40.6 Å². The number of nitrogens with one attached hydrogen (secondary N) is 1. The van der Waals surface area contributed by atoms with E-state index in [0.717, 1.165) is 37.8 Å². The number of carbonyl (C=O) groups excluding carboxylic acids is 1. The Labute approximate surface area is 124 Å². The molecule has 2 heterocycles. The third-order valence-corrected chi connectivity index (χ3v) is 4.68. The third-order valence-electron chi connectivity index (χ3n) is 4.68. The molecule has 5 heteroatoms. The van der Waals surface area contributed by atoms with Gasteiger partial charge in [-0.2, -0.15) is 0 Å². The lowest BCUT2D eigenvalue weighted by Crippen LogP contribution is -2.50. The van der Waals surface area contributed by atoms with Gasteiger partial charge in [-0.05, 0) is 50.8 Å². The maximum absolute atomic E-state index is 13.4. The summed E-state index contributed by atoms with van der Waals surface area (Å²) >= 11 is 0. The average molecular weight is 292 g/mol. The van der Waals surface area contributed by atoms with E-state index >= 15 is 0 Å². The number of aromatic hydroxyl groups is 1. The second kappa shape index (κ2) is 5.64. The summed E-state index contributed by atoms with van der Waals surface area (Å²) in [5, 5.41) is 13.4. The fourth-order valence-electron chi connectivity index (χ4n) is 3.68. The van der Waals surface area contributed by atoms with Crippen LogP contribution in [0, 0.1) is 5.82 Å². The van der Waals surface area contributed by atoms with Crippen LogP contribution in [0.2, 0.25) is 0 Å². The highest BCUT2D eigenvalue weighted by Gasteiger charge is 2.37. The van der Waals surface area contributed by atoms with Crippen molar-refractivity contribution in [3.05, 3.63) is 29.6 Å². The molecule has 2 saturated heterocycles. The lowest BCUT2D eigenvalue weighted by atomic mass is 9.97. The van der Waals surface area contributed by atoms with E-state index in [1.165, 1.54) is 6.07 Å². The van der Waals surface area contributed by atoms with Crippen molar-refractivity contribution < 1.29 is 14.3 Å². The van der Waals surface area contributed by atoms with Gasteiger partial charge < -0.3 is 15.3 Å². The number of phenols is 1. The molecular weight excluding hydrogens is 271 g/mol. The number of amides is 1. The Morgan fingerprint density at radius 2 is 2.05 bits per heavy atom. The quantitative estimate of drug-likeness (QED) is 0.898. The summed E-state index contributed by atoms with van der Waals surface area (Å²) in [7, 11) is 0. The van der Waals surface area contributed by atoms with Gasteiger partial charge in [-0.3, -0.25) is 4.79 Å². The van der Waals surface area contributed by atoms with Crippen LogP contribution in [0.25, 0.3) is 0 Å². The van der Waals surface area contributed by atoms with Crippen LogP contribution in [0.1, 0.15) is 43.0 Å². The van der Waals surface area contributed by atoms with Gasteiger partial charge in [0.1, 0.15) is 11.6 Å². The minimum absolute atomic E-state index is 0.0581. The highest BCUT2D eigenvalue weighted by molar-refractivity contribution is 5.97. The van der Waals surface area contributed by atoms with Crippen molar-refractivity contribution in [2.45, 2.75) is 50.7 Å². The van der Waals surface area contributed by atoms with Crippen LogP contribution >= 0.6 is 0 Å². The van der Waals surface area contributed by atoms with Crippen LogP contribution in [0.3, 0.4) is 0 Å². The number of carbonyl (C=O) groups is 1. The molecule has 2 fully saturated rings. The second-order valence-electron chi connectivity index (χ2n) is 6.02. The molecule has 1 aromatic carbocycles. The first kappa shape index (κ1) is 14.3. The van der Waals surface area contributed by atoms with Crippen LogP contribution in [0.15, 0.2) is 18.2 Å². The van der Waals surface area contributed by atoms with E-state index in [1.807, 2.05) is 6.92 Å². The molecule has 2 N–H and O–H groups in total. The number of benzene rings is 1. The van der Waals surface area contributed by atoms with Crippen LogP contribution < -0.4 is 5.32 Å². The molecule has 0 radical (unpaired) electrons. The Hall–Kier alpha value is -1.62. The molecular formula is C16H21FN2O2. The van der Waals surface area contributed by atoms with Crippen molar-refractivity contribution in [3.8, 4) is 5.75 Å². The van der Waals surface area contributed by atoms with Gasteiger partial charge in [-0.25, -0.2) is 4.39 Å². The lowest BCUT2D eigenvalue weighted by Gasteiger charge is -2.37. The summed E-state index contributed by atoms with van der Waals surface area (Å²) < 4.78 is 13.4. The summed E-state index contributed by atoms with van der Waals surface area (Å²) in [6.07, 6.45) is 4.20.